The van der Waals surface area contributed by atoms with E-state index in [9.17, 15) is 15.4 Å². The smallest absolute Gasteiger partial charge is 0.269 e. The zero-order valence-corrected chi connectivity index (χ0v) is 15.6. The van der Waals surface area contributed by atoms with Crippen molar-refractivity contribution in [1.82, 2.24) is 15.0 Å². The number of nitro benzene ring substituents is 1. The molecule has 0 radical (unpaired) electrons. The predicted octanol–water partition coefficient (Wildman–Crippen LogP) is 2.79. The highest BCUT2D eigenvalue weighted by atomic mass is 16.6. The number of hydrogen-bond acceptors (Lipinski definition) is 9. The summed E-state index contributed by atoms with van der Waals surface area (Å²) in [6, 6.07) is 7.84. The molecule has 0 amide bonds. The van der Waals surface area contributed by atoms with Gasteiger partial charge in [-0.25, -0.2) is 5.01 Å². The maximum atomic E-state index is 10.8. The Labute approximate surface area is 161 Å². The first-order valence-electron chi connectivity index (χ1n) is 8.42. The third kappa shape index (κ3) is 3.78. The molecule has 1 aromatic heterocycles. The third-order valence-electron chi connectivity index (χ3n) is 4.14. The number of anilines is 2. The van der Waals surface area contributed by atoms with Crippen molar-refractivity contribution >= 4 is 34.9 Å². The molecule has 28 heavy (non-hydrogen) atoms. The van der Waals surface area contributed by atoms with Crippen LogP contribution in [0.2, 0.25) is 0 Å². The summed E-state index contributed by atoms with van der Waals surface area (Å²) in [6.07, 6.45) is 2.28. The van der Waals surface area contributed by atoms with Crippen LogP contribution in [-0.4, -0.2) is 31.1 Å². The minimum Gasteiger partial charge on any atom is -0.368 e. The molecule has 0 saturated heterocycles. The maximum absolute atomic E-state index is 10.8. The average molecular weight is 378 g/mol. The van der Waals surface area contributed by atoms with Crippen molar-refractivity contribution in [3.05, 3.63) is 45.8 Å². The Hall–Kier alpha value is -3.87. The molecule has 1 aliphatic rings. The predicted molar refractivity (Wildman–Crippen MR) is 105 cm³/mol. The highest BCUT2D eigenvalue weighted by molar-refractivity contribution is 5.88. The van der Waals surface area contributed by atoms with Crippen LogP contribution < -0.4 is 10.7 Å². The number of nitrogens with zero attached hydrogens (tertiary/aromatic N) is 7. The van der Waals surface area contributed by atoms with Crippen LogP contribution >= 0.6 is 0 Å². The fourth-order valence-corrected chi connectivity index (χ4v) is 2.96. The van der Waals surface area contributed by atoms with E-state index in [-0.39, 0.29) is 34.5 Å². The molecule has 0 fully saturated rings. The van der Waals surface area contributed by atoms with E-state index in [1.165, 1.54) is 30.3 Å². The Balaban J connectivity index is 2.01. The number of benzene rings is 1. The van der Waals surface area contributed by atoms with Crippen molar-refractivity contribution < 1.29 is 4.92 Å². The van der Waals surface area contributed by atoms with Crippen molar-refractivity contribution in [2.75, 3.05) is 10.7 Å². The zero-order chi connectivity index (χ0) is 20.5. The van der Waals surface area contributed by atoms with Crippen LogP contribution in [-0.2, 0) is 0 Å². The number of rotatable bonds is 4. The molecule has 0 spiro atoms. The number of nitriles is 1. The molecular weight excluding hydrogens is 360 g/mol. The fourth-order valence-electron chi connectivity index (χ4n) is 2.96. The van der Waals surface area contributed by atoms with E-state index in [1.807, 2.05) is 26.8 Å². The second-order valence-corrected chi connectivity index (χ2v) is 6.97. The maximum Gasteiger partial charge on any atom is 0.269 e. The number of hydrazone groups is 1. The molecule has 0 bridgehead atoms. The van der Waals surface area contributed by atoms with Gasteiger partial charge in [0, 0.05) is 24.3 Å². The summed E-state index contributed by atoms with van der Waals surface area (Å²) < 4.78 is 0. The lowest BCUT2D eigenvalue weighted by atomic mass is 9.99. The van der Waals surface area contributed by atoms with E-state index in [0.29, 0.717) is 5.56 Å². The van der Waals surface area contributed by atoms with Gasteiger partial charge >= 0.3 is 0 Å². The molecule has 1 aromatic carbocycles. The van der Waals surface area contributed by atoms with Crippen LogP contribution in [0.15, 0.2) is 29.4 Å². The first kappa shape index (κ1) is 18.9. The highest BCUT2D eigenvalue weighted by Crippen LogP contribution is 2.31. The molecule has 2 heterocycles. The number of aromatic nitrogens is 3. The number of allylic oxidation sites excluding steroid dienone is 1. The summed E-state index contributed by atoms with van der Waals surface area (Å²) in [6.45, 7) is 5.93. The van der Waals surface area contributed by atoms with Gasteiger partial charge in [-0.3, -0.25) is 10.1 Å². The van der Waals surface area contributed by atoms with Crippen LogP contribution in [0.3, 0.4) is 0 Å². The molecular formula is C18H18N8O2. The average Bonchev–Trinajstić information content (AvgIpc) is 2.91. The Morgan fingerprint density at radius 3 is 2.54 bits per heavy atom. The Kier molecular flexibility index (Phi) is 4.75. The van der Waals surface area contributed by atoms with E-state index in [1.54, 1.807) is 5.01 Å². The normalized spacial score (nSPS) is 15.9. The summed E-state index contributed by atoms with van der Waals surface area (Å²) in [5.41, 5.74) is 7.16. The summed E-state index contributed by atoms with van der Waals surface area (Å²) in [5.74, 6) is 0.341. The van der Waals surface area contributed by atoms with E-state index < -0.39 is 4.92 Å². The van der Waals surface area contributed by atoms with Crippen molar-refractivity contribution in [2.24, 2.45) is 5.10 Å². The molecule has 1 aliphatic heterocycles. The second kappa shape index (κ2) is 7.03. The minimum atomic E-state index is -0.488. The van der Waals surface area contributed by atoms with Crippen LogP contribution in [0.5, 0.6) is 0 Å². The van der Waals surface area contributed by atoms with Gasteiger partial charge in [-0.05, 0) is 44.5 Å². The molecule has 0 unspecified atom stereocenters. The quantitative estimate of drug-likeness (QED) is 0.485. The summed E-state index contributed by atoms with van der Waals surface area (Å²) >= 11 is 0. The monoisotopic (exact) mass is 378 g/mol. The second-order valence-electron chi connectivity index (χ2n) is 6.97. The minimum absolute atomic E-state index is 0.0274. The van der Waals surface area contributed by atoms with Crippen molar-refractivity contribution in [2.45, 2.75) is 32.7 Å². The number of nitro groups is 1. The van der Waals surface area contributed by atoms with Crippen LogP contribution in [0, 0.1) is 21.4 Å². The highest BCUT2D eigenvalue weighted by Gasteiger charge is 2.35. The molecule has 2 N–H and O–H groups in total. The first-order valence-corrected chi connectivity index (χ1v) is 8.42. The molecule has 0 aliphatic carbocycles. The first-order chi connectivity index (χ1) is 13.2. The number of nitrogen functional groups attached to an aromatic ring is 1. The lowest BCUT2D eigenvalue weighted by Crippen LogP contribution is -2.37. The molecule has 0 saturated carbocycles. The van der Waals surface area contributed by atoms with Crippen LogP contribution in [0.4, 0.5) is 17.6 Å². The lowest BCUT2D eigenvalue weighted by molar-refractivity contribution is -0.384. The summed E-state index contributed by atoms with van der Waals surface area (Å²) in [4.78, 5) is 22.9. The van der Waals surface area contributed by atoms with Gasteiger partial charge in [0.1, 0.15) is 6.07 Å². The lowest BCUT2D eigenvalue weighted by Gasteiger charge is -2.28. The molecule has 142 valence electrons. The molecule has 10 heteroatoms. The van der Waals surface area contributed by atoms with E-state index in [2.05, 4.69) is 20.1 Å². The summed E-state index contributed by atoms with van der Waals surface area (Å²) in [5, 5.41) is 26.5. The van der Waals surface area contributed by atoms with Gasteiger partial charge < -0.3 is 5.73 Å². The van der Waals surface area contributed by atoms with Gasteiger partial charge in [0.25, 0.3) is 11.6 Å². The molecule has 10 nitrogen and oxygen atoms in total. The van der Waals surface area contributed by atoms with Gasteiger partial charge in [0.05, 0.1) is 16.0 Å². The van der Waals surface area contributed by atoms with Crippen molar-refractivity contribution in [3.63, 3.8) is 0 Å². The van der Waals surface area contributed by atoms with Gasteiger partial charge in [-0.15, -0.1) is 0 Å². The standard InChI is InChI=1S/C18H18N8O2/c1-11-9-18(2,3)25(24-11)17-22-15(21-16(20)23-17)13(10-19)8-12-4-6-14(7-5-12)26(27)28/h4-8H,9H2,1-3H3,(H2,20,21,22,23)/b13-8+. The fraction of sp³-hybridized carbons (Fsp3) is 0.278. The number of nitrogens with two attached hydrogens (primary N) is 1. The molecule has 2 aromatic rings. The van der Waals surface area contributed by atoms with E-state index in [0.717, 1.165) is 12.1 Å². The van der Waals surface area contributed by atoms with E-state index in [4.69, 9.17) is 5.73 Å². The summed E-state index contributed by atoms with van der Waals surface area (Å²) in [7, 11) is 0. The van der Waals surface area contributed by atoms with Crippen molar-refractivity contribution in [3.8, 4) is 6.07 Å². The van der Waals surface area contributed by atoms with Crippen molar-refractivity contribution in [1.29, 1.82) is 5.26 Å². The molecule has 3 rings (SSSR count). The Morgan fingerprint density at radius 1 is 1.32 bits per heavy atom. The van der Waals surface area contributed by atoms with E-state index >= 15 is 0 Å². The Morgan fingerprint density at radius 2 is 2.00 bits per heavy atom. The van der Waals surface area contributed by atoms with Gasteiger partial charge in [-0.2, -0.15) is 25.3 Å². The topological polar surface area (TPSA) is 147 Å². The zero-order valence-electron chi connectivity index (χ0n) is 15.6. The number of hydrogen-bond donors (Lipinski definition) is 1. The largest absolute Gasteiger partial charge is 0.368 e. The SMILES string of the molecule is CC1=NN(c2nc(N)nc(/C(C#N)=C/c3ccc([N+](=O)[O-])cc3)n2)C(C)(C)C1. The number of non-ortho nitro benzene ring substituents is 1. The van der Waals surface area contributed by atoms with Gasteiger partial charge in [-0.1, -0.05) is 0 Å². The third-order valence-corrected chi connectivity index (χ3v) is 4.14. The van der Waals surface area contributed by atoms with Gasteiger partial charge in [0.2, 0.25) is 5.95 Å². The Bertz CT molecular complexity index is 1030. The molecule has 0 atom stereocenters. The van der Waals surface area contributed by atoms with Crippen LogP contribution in [0.25, 0.3) is 11.6 Å². The van der Waals surface area contributed by atoms with Gasteiger partial charge in [0.15, 0.2) is 5.82 Å². The van der Waals surface area contributed by atoms with Crippen LogP contribution in [0.1, 0.15) is 38.6 Å².